The van der Waals surface area contributed by atoms with Gasteiger partial charge in [-0.2, -0.15) is 0 Å². The largest absolute Gasteiger partial charge is 0.381 e. The van der Waals surface area contributed by atoms with Crippen LogP contribution in [0.2, 0.25) is 0 Å². The van der Waals surface area contributed by atoms with Gasteiger partial charge in [0.25, 0.3) is 0 Å². The lowest BCUT2D eigenvalue weighted by Crippen LogP contribution is -2.30. The maximum Gasteiger partial charge on any atom is 0.240 e. The van der Waals surface area contributed by atoms with Crippen LogP contribution in [-0.4, -0.2) is 35.2 Å². The van der Waals surface area contributed by atoms with Crippen molar-refractivity contribution in [3.63, 3.8) is 0 Å². The molecule has 1 aromatic carbocycles. The molecule has 2 rings (SSSR count). The Bertz CT molecular complexity index is 552. The summed E-state index contributed by atoms with van der Waals surface area (Å²) in [5.74, 6) is 0.283. The van der Waals surface area contributed by atoms with Crippen molar-refractivity contribution in [2.75, 3.05) is 26.8 Å². The molecule has 0 aliphatic carbocycles. The fraction of sp³-hybridized carbons (Fsp3) is 0.571. The average molecular weight is 298 g/mol. The van der Waals surface area contributed by atoms with E-state index in [9.17, 15) is 8.42 Å². The lowest BCUT2D eigenvalue weighted by Gasteiger charge is -2.14. The van der Waals surface area contributed by atoms with E-state index in [-0.39, 0.29) is 5.92 Å². The Morgan fingerprint density at radius 2 is 2.20 bits per heavy atom. The van der Waals surface area contributed by atoms with Gasteiger partial charge in [0.05, 0.1) is 11.5 Å². The SMILES string of the molecule is CNCc1cccc(S(=O)(=O)NCC2CCOC2)c1C. The number of hydrogen-bond donors (Lipinski definition) is 2. The average Bonchev–Trinajstić information content (AvgIpc) is 2.92. The first-order valence-electron chi connectivity index (χ1n) is 6.85. The fourth-order valence-electron chi connectivity index (χ4n) is 2.38. The molecule has 1 heterocycles. The Kier molecular flexibility index (Phi) is 5.15. The minimum atomic E-state index is -3.45. The zero-order valence-electron chi connectivity index (χ0n) is 12.0. The molecule has 0 radical (unpaired) electrons. The van der Waals surface area contributed by atoms with Crippen LogP contribution in [0.1, 0.15) is 17.5 Å². The highest BCUT2D eigenvalue weighted by Crippen LogP contribution is 2.19. The van der Waals surface area contributed by atoms with Gasteiger partial charge in [-0.1, -0.05) is 12.1 Å². The minimum Gasteiger partial charge on any atom is -0.381 e. The number of ether oxygens (including phenoxy) is 1. The quantitative estimate of drug-likeness (QED) is 0.823. The first-order chi connectivity index (χ1) is 9.54. The van der Waals surface area contributed by atoms with Crippen molar-refractivity contribution in [1.29, 1.82) is 0 Å². The third-order valence-electron chi connectivity index (χ3n) is 3.64. The highest BCUT2D eigenvalue weighted by Gasteiger charge is 2.22. The molecule has 6 heteroatoms. The summed E-state index contributed by atoms with van der Waals surface area (Å²) in [6, 6.07) is 5.38. The van der Waals surface area contributed by atoms with Crippen LogP contribution in [0, 0.1) is 12.8 Å². The fourth-order valence-corrected chi connectivity index (χ4v) is 3.79. The first-order valence-corrected chi connectivity index (χ1v) is 8.33. The summed E-state index contributed by atoms with van der Waals surface area (Å²) in [5, 5.41) is 3.05. The van der Waals surface area contributed by atoms with Gasteiger partial charge in [0, 0.05) is 19.7 Å². The molecule has 0 aromatic heterocycles. The minimum absolute atomic E-state index is 0.283. The van der Waals surface area contributed by atoms with Crippen molar-refractivity contribution in [1.82, 2.24) is 10.0 Å². The lowest BCUT2D eigenvalue weighted by molar-refractivity contribution is 0.186. The van der Waals surface area contributed by atoms with Gasteiger partial charge in [0.1, 0.15) is 0 Å². The smallest absolute Gasteiger partial charge is 0.240 e. The lowest BCUT2D eigenvalue weighted by atomic mass is 10.1. The van der Waals surface area contributed by atoms with Crippen molar-refractivity contribution in [3.8, 4) is 0 Å². The van der Waals surface area contributed by atoms with Gasteiger partial charge in [-0.3, -0.25) is 0 Å². The van der Waals surface area contributed by atoms with Crippen molar-refractivity contribution in [3.05, 3.63) is 29.3 Å². The summed E-state index contributed by atoms with van der Waals surface area (Å²) in [5.41, 5.74) is 1.80. The number of sulfonamides is 1. The predicted molar refractivity (Wildman–Crippen MR) is 78.1 cm³/mol. The van der Waals surface area contributed by atoms with E-state index in [0.29, 0.717) is 24.6 Å². The molecule has 0 spiro atoms. The van der Waals surface area contributed by atoms with Crippen LogP contribution in [-0.2, 0) is 21.3 Å². The zero-order chi connectivity index (χ0) is 14.6. The Morgan fingerprint density at radius 3 is 2.85 bits per heavy atom. The van der Waals surface area contributed by atoms with Crippen LogP contribution in [0.3, 0.4) is 0 Å². The molecule has 1 unspecified atom stereocenters. The van der Waals surface area contributed by atoms with E-state index in [1.54, 1.807) is 12.1 Å². The molecule has 5 nitrogen and oxygen atoms in total. The molecule has 112 valence electrons. The number of hydrogen-bond acceptors (Lipinski definition) is 4. The summed E-state index contributed by atoms with van der Waals surface area (Å²) in [6.07, 6.45) is 0.918. The maximum atomic E-state index is 12.4. The van der Waals surface area contributed by atoms with Crippen LogP contribution < -0.4 is 10.0 Å². The van der Waals surface area contributed by atoms with E-state index in [1.165, 1.54) is 0 Å². The normalized spacial score (nSPS) is 19.4. The summed E-state index contributed by atoms with van der Waals surface area (Å²) >= 11 is 0. The first kappa shape index (κ1) is 15.4. The van der Waals surface area contributed by atoms with Crippen molar-refractivity contribution < 1.29 is 13.2 Å². The monoisotopic (exact) mass is 298 g/mol. The van der Waals surface area contributed by atoms with Gasteiger partial charge in [0.2, 0.25) is 10.0 Å². The van der Waals surface area contributed by atoms with Crippen LogP contribution in [0.15, 0.2) is 23.1 Å². The van der Waals surface area contributed by atoms with Gasteiger partial charge >= 0.3 is 0 Å². The molecule has 1 aliphatic heterocycles. The molecule has 1 saturated heterocycles. The van der Waals surface area contributed by atoms with E-state index >= 15 is 0 Å². The molecular formula is C14H22N2O3S. The van der Waals surface area contributed by atoms with Gasteiger partial charge in [-0.15, -0.1) is 0 Å². The zero-order valence-corrected chi connectivity index (χ0v) is 12.8. The Hall–Kier alpha value is -0.950. The summed E-state index contributed by atoms with van der Waals surface area (Å²) < 4.78 is 32.7. The van der Waals surface area contributed by atoms with E-state index in [1.807, 2.05) is 20.0 Å². The summed E-state index contributed by atoms with van der Waals surface area (Å²) in [4.78, 5) is 0.365. The van der Waals surface area contributed by atoms with Crippen LogP contribution in [0.5, 0.6) is 0 Å². The topological polar surface area (TPSA) is 67.4 Å². The van der Waals surface area contributed by atoms with E-state index in [0.717, 1.165) is 24.2 Å². The second-order valence-electron chi connectivity index (χ2n) is 5.15. The van der Waals surface area contributed by atoms with E-state index in [2.05, 4.69) is 10.0 Å². The molecule has 1 aromatic rings. The van der Waals surface area contributed by atoms with Crippen LogP contribution in [0.25, 0.3) is 0 Å². The van der Waals surface area contributed by atoms with Crippen LogP contribution >= 0.6 is 0 Å². The predicted octanol–water partition coefficient (Wildman–Crippen LogP) is 1.03. The second-order valence-corrected chi connectivity index (χ2v) is 6.89. The highest BCUT2D eigenvalue weighted by atomic mass is 32.2. The highest BCUT2D eigenvalue weighted by molar-refractivity contribution is 7.89. The third-order valence-corrected chi connectivity index (χ3v) is 5.21. The van der Waals surface area contributed by atoms with E-state index in [4.69, 9.17) is 4.74 Å². The maximum absolute atomic E-state index is 12.4. The second kappa shape index (κ2) is 6.67. The summed E-state index contributed by atoms with van der Waals surface area (Å²) in [7, 11) is -1.61. The summed E-state index contributed by atoms with van der Waals surface area (Å²) in [6.45, 7) is 4.31. The molecule has 0 bridgehead atoms. The number of nitrogens with one attached hydrogen (secondary N) is 2. The molecule has 2 N–H and O–H groups in total. The van der Waals surface area contributed by atoms with Crippen LogP contribution in [0.4, 0.5) is 0 Å². The molecule has 0 saturated carbocycles. The van der Waals surface area contributed by atoms with Gasteiger partial charge in [-0.05, 0) is 43.5 Å². The van der Waals surface area contributed by atoms with Gasteiger partial charge in [0.15, 0.2) is 0 Å². The Balaban J connectivity index is 2.13. The number of rotatable bonds is 6. The molecule has 1 atom stereocenters. The van der Waals surface area contributed by atoms with Crippen molar-refractivity contribution in [2.45, 2.75) is 24.8 Å². The molecular weight excluding hydrogens is 276 g/mol. The standard InChI is InChI=1S/C14H22N2O3S/c1-11-13(9-15-2)4-3-5-14(11)20(17,18)16-8-12-6-7-19-10-12/h3-5,12,15-16H,6-10H2,1-2H3. The Labute approximate surface area is 120 Å². The van der Waals surface area contributed by atoms with Crippen molar-refractivity contribution in [2.24, 2.45) is 5.92 Å². The van der Waals surface area contributed by atoms with Gasteiger partial charge in [-0.25, -0.2) is 13.1 Å². The molecule has 1 aliphatic rings. The molecule has 1 fully saturated rings. The van der Waals surface area contributed by atoms with E-state index < -0.39 is 10.0 Å². The number of benzene rings is 1. The van der Waals surface area contributed by atoms with Gasteiger partial charge < -0.3 is 10.1 Å². The molecule has 20 heavy (non-hydrogen) atoms. The Morgan fingerprint density at radius 1 is 1.40 bits per heavy atom. The third kappa shape index (κ3) is 3.58. The van der Waals surface area contributed by atoms with Crippen molar-refractivity contribution >= 4 is 10.0 Å². The molecule has 0 amide bonds.